The van der Waals surface area contributed by atoms with Gasteiger partial charge in [0.05, 0.1) is 31.0 Å². The summed E-state index contributed by atoms with van der Waals surface area (Å²) in [7, 11) is -1.67. The summed E-state index contributed by atoms with van der Waals surface area (Å²) in [6.45, 7) is 1.38. The van der Waals surface area contributed by atoms with E-state index in [-0.39, 0.29) is 11.5 Å². The lowest BCUT2D eigenvalue weighted by Crippen LogP contribution is -2.07. The smallest absolute Gasteiger partial charge is 0.222 e. The molecule has 4 aromatic rings. The molecule has 8 nitrogen and oxygen atoms in total. The number of halogens is 1. The minimum absolute atomic E-state index is 0.254. The van der Waals surface area contributed by atoms with Gasteiger partial charge < -0.3 is 5.32 Å². The third kappa shape index (κ3) is 4.25. The van der Waals surface area contributed by atoms with Crippen LogP contribution in [0.25, 0.3) is 21.1 Å². The van der Waals surface area contributed by atoms with E-state index in [0.29, 0.717) is 41.8 Å². The summed E-state index contributed by atoms with van der Waals surface area (Å²) in [6.07, 6.45) is 2.88. The zero-order valence-electron chi connectivity index (χ0n) is 15.9. The van der Waals surface area contributed by atoms with Gasteiger partial charge in [-0.1, -0.05) is 11.6 Å². The highest BCUT2D eigenvalue weighted by atomic mass is 35.5. The number of nitriles is 1. The highest BCUT2D eigenvalue weighted by Crippen LogP contribution is 2.44. The van der Waals surface area contributed by atoms with E-state index in [0.717, 1.165) is 0 Å². The van der Waals surface area contributed by atoms with Crippen LogP contribution in [0.5, 0.6) is 0 Å². The van der Waals surface area contributed by atoms with Crippen molar-refractivity contribution in [3.63, 3.8) is 0 Å². The second-order valence-corrected chi connectivity index (χ2v) is 9.12. The molecule has 4 rings (SSSR count). The molecule has 0 saturated heterocycles. The van der Waals surface area contributed by atoms with Gasteiger partial charge in [0.2, 0.25) is 5.91 Å². The first kappa shape index (κ1) is 20.9. The number of thiophene rings is 1. The van der Waals surface area contributed by atoms with Crippen molar-refractivity contribution < 1.29 is 9.00 Å². The van der Waals surface area contributed by atoms with Gasteiger partial charge in [-0.15, -0.1) is 11.3 Å². The molecule has 0 spiro atoms. The molecule has 11 heteroatoms. The molecular formula is C20H13ClN6O2S2. The fourth-order valence-corrected chi connectivity index (χ4v) is 5.71. The number of anilines is 1. The molecule has 0 aliphatic heterocycles. The molecule has 3 aromatic heterocycles. The number of hydrogen-bond acceptors (Lipinski definition) is 7. The van der Waals surface area contributed by atoms with Gasteiger partial charge in [0.25, 0.3) is 0 Å². The molecule has 0 fully saturated rings. The maximum atomic E-state index is 13.5. The maximum absolute atomic E-state index is 13.5. The Morgan fingerprint density at radius 2 is 2.00 bits per heavy atom. The van der Waals surface area contributed by atoms with E-state index in [1.807, 2.05) is 0 Å². The Bertz CT molecular complexity index is 1330. The van der Waals surface area contributed by atoms with E-state index in [4.69, 9.17) is 11.6 Å². The van der Waals surface area contributed by atoms with E-state index in [1.165, 1.54) is 30.8 Å². The van der Waals surface area contributed by atoms with Crippen LogP contribution in [0.3, 0.4) is 0 Å². The zero-order chi connectivity index (χ0) is 22.0. The van der Waals surface area contributed by atoms with Crippen LogP contribution in [0.4, 0.5) is 5.82 Å². The van der Waals surface area contributed by atoms with Gasteiger partial charge in [-0.05, 0) is 42.0 Å². The molecule has 31 heavy (non-hydrogen) atoms. The summed E-state index contributed by atoms with van der Waals surface area (Å²) in [5.74, 6) is 0.494. The number of aromatic amines is 1. The van der Waals surface area contributed by atoms with Gasteiger partial charge in [0, 0.05) is 23.0 Å². The Morgan fingerprint density at radius 3 is 2.65 bits per heavy atom. The quantitative estimate of drug-likeness (QED) is 0.451. The van der Waals surface area contributed by atoms with Gasteiger partial charge in [-0.25, -0.2) is 14.2 Å². The van der Waals surface area contributed by atoms with Crippen molar-refractivity contribution >= 4 is 45.5 Å². The number of nitrogens with zero attached hydrogens (tertiary/aromatic N) is 4. The third-order valence-electron chi connectivity index (χ3n) is 4.15. The Balaban J connectivity index is 1.92. The molecule has 154 valence electrons. The first-order valence-corrected chi connectivity index (χ1v) is 11.2. The number of aromatic nitrogens is 4. The van der Waals surface area contributed by atoms with Crippen LogP contribution in [0, 0.1) is 11.3 Å². The Morgan fingerprint density at radius 1 is 1.23 bits per heavy atom. The summed E-state index contributed by atoms with van der Waals surface area (Å²) in [4.78, 5) is 21.7. The Kier molecular flexibility index (Phi) is 5.90. The van der Waals surface area contributed by atoms with Crippen LogP contribution in [0.2, 0.25) is 5.02 Å². The number of carbonyl (C=O) groups excluding carboxylic acids is 1. The molecule has 3 heterocycles. The van der Waals surface area contributed by atoms with Gasteiger partial charge in [0.15, 0.2) is 5.82 Å². The largest absolute Gasteiger partial charge is 0.311 e. The highest BCUT2D eigenvalue weighted by molar-refractivity contribution is 7.85. The summed E-state index contributed by atoms with van der Waals surface area (Å²) >= 11 is 7.22. The topological polar surface area (TPSA) is 124 Å². The first-order valence-electron chi connectivity index (χ1n) is 8.82. The molecule has 1 atom stereocenters. The van der Waals surface area contributed by atoms with E-state index in [2.05, 4.69) is 31.6 Å². The average molecular weight is 469 g/mol. The Labute approximate surface area is 188 Å². The van der Waals surface area contributed by atoms with Crippen LogP contribution >= 0.6 is 22.9 Å². The van der Waals surface area contributed by atoms with Crippen molar-refractivity contribution in [2.75, 3.05) is 5.32 Å². The predicted octanol–water partition coefficient (Wildman–Crippen LogP) is 4.25. The number of rotatable bonds is 5. The van der Waals surface area contributed by atoms with Crippen molar-refractivity contribution in [3.8, 4) is 27.2 Å². The van der Waals surface area contributed by atoms with Gasteiger partial charge in [0.1, 0.15) is 18.2 Å². The Hall–Kier alpha value is -3.39. The van der Waals surface area contributed by atoms with Crippen molar-refractivity contribution in [1.82, 2.24) is 20.2 Å². The van der Waals surface area contributed by atoms with E-state index in [9.17, 15) is 14.3 Å². The standard InChI is InChI=1S/C20H13ClN6O2S2/c1-11(28)26-16-8-12(6-7-23-16)17-15(9-22)19(18(30-17)20-24-10-25-27-20)31(29)14-4-2-13(21)3-5-14/h2-8,10H,1H3,(H,23,26,28)(H,24,25,27). The molecular weight excluding hydrogens is 456 g/mol. The maximum Gasteiger partial charge on any atom is 0.222 e. The predicted molar refractivity (Wildman–Crippen MR) is 118 cm³/mol. The van der Waals surface area contributed by atoms with Crippen molar-refractivity contribution in [2.24, 2.45) is 0 Å². The van der Waals surface area contributed by atoms with Crippen molar-refractivity contribution in [2.45, 2.75) is 16.7 Å². The summed E-state index contributed by atoms with van der Waals surface area (Å²) in [5.41, 5.74) is 0.907. The fraction of sp³-hybridized carbons (Fsp3) is 0.0500. The molecule has 1 aromatic carbocycles. The molecule has 0 bridgehead atoms. The molecule has 2 N–H and O–H groups in total. The minimum atomic E-state index is -1.67. The molecule has 0 aliphatic rings. The SMILES string of the molecule is CC(=O)Nc1cc(-c2sc(-c3ncn[nH]3)c(S(=O)c3ccc(Cl)cc3)c2C#N)ccn1. The van der Waals surface area contributed by atoms with Crippen LogP contribution in [-0.4, -0.2) is 30.3 Å². The van der Waals surface area contributed by atoms with E-state index >= 15 is 0 Å². The number of carbonyl (C=O) groups is 1. The number of hydrogen-bond donors (Lipinski definition) is 2. The number of H-pyrrole nitrogens is 1. The van der Waals surface area contributed by atoms with Gasteiger partial charge in [-0.2, -0.15) is 10.4 Å². The second kappa shape index (κ2) is 8.77. The summed E-state index contributed by atoms with van der Waals surface area (Å²) in [6, 6.07) is 12.2. The lowest BCUT2D eigenvalue weighted by Gasteiger charge is -2.05. The monoisotopic (exact) mass is 468 g/mol. The van der Waals surface area contributed by atoms with Crippen LogP contribution in [0.1, 0.15) is 12.5 Å². The zero-order valence-corrected chi connectivity index (χ0v) is 18.3. The van der Waals surface area contributed by atoms with Crippen LogP contribution in [-0.2, 0) is 15.6 Å². The minimum Gasteiger partial charge on any atom is -0.311 e. The number of nitrogens with one attached hydrogen (secondary N) is 2. The first-order chi connectivity index (χ1) is 15.0. The van der Waals surface area contributed by atoms with Gasteiger partial charge in [-0.3, -0.25) is 9.89 Å². The summed E-state index contributed by atoms with van der Waals surface area (Å²) < 4.78 is 13.5. The van der Waals surface area contributed by atoms with E-state index in [1.54, 1.807) is 36.4 Å². The highest BCUT2D eigenvalue weighted by Gasteiger charge is 2.27. The average Bonchev–Trinajstić information content (AvgIpc) is 3.41. The lowest BCUT2D eigenvalue weighted by atomic mass is 10.1. The molecule has 0 aliphatic carbocycles. The van der Waals surface area contributed by atoms with Crippen LogP contribution in [0.15, 0.2) is 58.7 Å². The van der Waals surface area contributed by atoms with Crippen molar-refractivity contribution in [1.29, 1.82) is 5.26 Å². The fourth-order valence-electron chi connectivity index (χ4n) is 2.87. The molecule has 0 radical (unpaired) electrons. The normalized spacial score (nSPS) is 11.6. The van der Waals surface area contributed by atoms with Gasteiger partial charge >= 0.3 is 0 Å². The lowest BCUT2D eigenvalue weighted by molar-refractivity contribution is -0.114. The molecule has 1 unspecified atom stereocenters. The molecule has 1 amide bonds. The second-order valence-electron chi connectivity index (χ2n) is 6.24. The van der Waals surface area contributed by atoms with Crippen LogP contribution < -0.4 is 5.32 Å². The summed E-state index contributed by atoms with van der Waals surface area (Å²) in [5, 5.41) is 19.8. The van der Waals surface area contributed by atoms with Crippen molar-refractivity contribution in [3.05, 3.63) is 59.5 Å². The number of pyridine rings is 1. The number of amides is 1. The number of benzene rings is 1. The van der Waals surface area contributed by atoms with E-state index < -0.39 is 10.8 Å². The molecule has 0 saturated carbocycles. The third-order valence-corrected chi connectivity index (χ3v) is 7.25.